The zero-order valence-corrected chi connectivity index (χ0v) is 14.0. The summed E-state index contributed by atoms with van der Waals surface area (Å²) in [6, 6.07) is 7.43. The van der Waals surface area contributed by atoms with Gasteiger partial charge in [-0.2, -0.15) is 0 Å². The fraction of sp³-hybridized carbons (Fsp3) is 0.611. The molecule has 1 aromatic rings. The van der Waals surface area contributed by atoms with Gasteiger partial charge in [0.25, 0.3) is 5.91 Å². The van der Waals surface area contributed by atoms with E-state index in [9.17, 15) is 15.0 Å². The maximum atomic E-state index is 12.5. The van der Waals surface area contributed by atoms with Crippen molar-refractivity contribution in [2.24, 2.45) is 0 Å². The Morgan fingerprint density at radius 2 is 2.04 bits per heavy atom. The smallest absolute Gasteiger partial charge is 0.251 e. The highest BCUT2D eigenvalue weighted by Crippen LogP contribution is 2.21. The predicted molar refractivity (Wildman–Crippen MR) is 88.4 cm³/mol. The van der Waals surface area contributed by atoms with E-state index in [-0.39, 0.29) is 12.5 Å². The van der Waals surface area contributed by atoms with Crippen molar-refractivity contribution in [3.63, 3.8) is 0 Å². The normalized spacial score (nSPS) is 17.7. The van der Waals surface area contributed by atoms with Crippen molar-refractivity contribution in [3.8, 4) is 0 Å². The summed E-state index contributed by atoms with van der Waals surface area (Å²) in [6.45, 7) is 4.57. The molecule has 1 saturated heterocycles. The van der Waals surface area contributed by atoms with Crippen LogP contribution >= 0.6 is 0 Å². The zero-order valence-electron chi connectivity index (χ0n) is 14.0. The highest BCUT2D eigenvalue weighted by atomic mass is 16.5. The molecule has 3 N–H and O–H groups in total. The standard InChI is InChI=1S/C18H27NO4/c1-17(2,22)7-6-14-4-3-5-15(12-14)16(21)19-18(13-20)8-10-23-11-9-18/h3-5,12,20,22H,6-11,13H2,1-2H3,(H,19,21). The van der Waals surface area contributed by atoms with Gasteiger partial charge in [-0.1, -0.05) is 12.1 Å². The van der Waals surface area contributed by atoms with Crippen LogP contribution < -0.4 is 5.32 Å². The summed E-state index contributed by atoms with van der Waals surface area (Å²) in [5, 5.41) is 22.5. The van der Waals surface area contributed by atoms with E-state index in [0.29, 0.717) is 44.5 Å². The molecular formula is C18H27NO4. The van der Waals surface area contributed by atoms with Crippen molar-refractivity contribution in [2.75, 3.05) is 19.8 Å². The molecule has 0 aliphatic carbocycles. The van der Waals surface area contributed by atoms with Gasteiger partial charge in [-0.15, -0.1) is 0 Å². The number of rotatable bonds is 6. The fourth-order valence-electron chi connectivity index (χ4n) is 2.72. The van der Waals surface area contributed by atoms with E-state index in [1.54, 1.807) is 19.9 Å². The van der Waals surface area contributed by atoms with Crippen LogP contribution in [-0.2, 0) is 11.2 Å². The first-order valence-corrected chi connectivity index (χ1v) is 8.16. The monoisotopic (exact) mass is 321 g/mol. The Hall–Kier alpha value is -1.43. The van der Waals surface area contributed by atoms with Crippen LogP contribution in [0.2, 0.25) is 0 Å². The number of aliphatic hydroxyl groups excluding tert-OH is 1. The molecule has 1 aromatic carbocycles. The van der Waals surface area contributed by atoms with Crippen molar-refractivity contribution in [3.05, 3.63) is 35.4 Å². The van der Waals surface area contributed by atoms with Crippen LogP contribution in [0.25, 0.3) is 0 Å². The third-order valence-corrected chi connectivity index (χ3v) is 4.35. The number of carbonyl (C=O) groups excluding carboxylic acids is 1. The first-order chi connectivity index (χ1) is 10.8. The lowest BCUT2D eigenvalue weighted by Crippen LogP contribution is -2.54. The number of carbonyl (C=O) groups is 1. The molecule has 1 heterocycles. The minimum absolute atomic E-state index is 0.0828. The largest absolute Gasteiger partial charge is 0.394 e. The van der Waals surface area contributed by atoms with Crippen LogP contribution in [0.3, 0.4) is 0 Å². The summed E-state index contributed by atoms with van der Waals surface area (Å²) in [4.78, 5) is 12.5. The molecule has 1 amide bonds. The van der Waals surface area contributed by atoms with Crippen molar-refractivity contribution >= 4 is 5.91 Å². The SMILES string of the molecule is CC(C)(O)CCc1cccc(C(=O)NC2(CO)CCOCC2)c1. The lowest BCUT2D eigenvalue weighted by atomic mass is 9.90. The minimum atomic E-state index is -0.721. The molecule has 5 heteroatoms. The van der Waals surface area contributed by atoms with Gasteiger partial charge in [-0.3, -0.25) is 4.79 Å². The number of nitrogens with one attached hydrogen (secondary N) is 1. The molecule has 1 aliphatic rings. The van der Waals surface area contributed by atoms with Crippen LogP contribution in [0.1, 0.15) is 49.0 Å². The zero-order chi connectivity index (χ0) is 16.9. The third-order valence-electron chi connectivity index (χ3n) is 4.35. The Morgan fingerprint density at radius 3 is 2.65 bits per heavy atom. The topological polar surface area (TPSA) is 78.8 Å². The van der Waals surface area contributed by atoms with Gasteiger partial charge in [0.1, 0.15) is 0 Å². The van der Waals surface area contributed by atoms with E-state index < -0.39 is 11.1 Å². The Morgan fingerprint density at radius 1 is 1.35 bits per heavy atom. The quantitative estimate of drug-likeness (QED) is 0.744. The summed E-state index contributed by atoms with van der Waals surface area (Å²) >= 11 is 0. The number of benzene rings is 1. The highest BCUT2D eigenvalue weighted by Gasteiger charge is 2.33. The number of hydrogen-bond acceptors (Lipinski definition) is 4. The molecule has 1 fully saturated rings. The van der Waals surface area contributed by atoms with Gasteiger partial charge in [0.15, 0.2) is 0 Å². The van der Waals surface area contributed by atoms with E-state index in [4.69, 9.17) is 4.74 Å². The summed E-state index contributed by atoms with van der Waals surface area (Å²) in [7, 11) is 0. The Kier molecular flexibility index (Phi) is 5.79. The first-order valence-electron chi connectivity index (χ1n) is 8.16. The highest BCUT2D eigenvalue weighted by molar-refractivity contribution is 5.94. The molecule has 0 radical (unpaired) electrons. The summed E-state index contributed by atoms with van der Waals surface area (Å²) in [5.74, 6) is -0.175. The van der Waals surface area contributed by atoms with Crippen LogP contribution in [0, 0.1) is 0 Å². The van der Waals surface area contributed by atoms with Gasteiger partial charge in [-0.25, -0.2) is 0 Å². The Balaban J connectivity index is 2.04. The van der Waals surface area contributed by atoms with Gasteiger partial charge >= 0.3 is 0 Å². The Labute approximate surface area is 137 Å². The van der Waals surface area contributed by atoms with Crippen molar-refractivity contribution in [2.45, 2.75) is 50.7 Å². The van der Waals surface area contributed by atoms with Crippen molar-refractivity contribution in [1.82, 2.24) is 5.32 Å². The van der Waals surface area contributed by atoms with Gasteiger partial charge in [0.2, 0.25) is 0 Å². The first kappa shape index (κ1) is 17.9. The molecule has 0 saturated carbocycles. The number of aliphatic hydroxyl groups is 2. The third kappa shape index (κ3) is 5.30. The molecule has 2 rings (SSSR count). The second-order valence-electron chi connectivity index (χ2n) is 7.02. The van der Waals surface area contributed by atoms with Crippen LogP contribution in [0.4, 0.5) is 0 Å². The van der Waals surface area contributed by atoms with Gasteiger partial charge in [-0.05, 0) is 57.2 Å². The number of hydrogen-bond donors (Lipinski definition) is 3. The summed E-state index contributed by atoms with van der Waals surface area (Å²) in [5.41, 5.74) is 0.294. The fourth-order valence-corrected chi connectivity index (χ4v) is 2.72. The molecule has 1 aliphatic heterocycles. The van der Waals surface area contributed by atoms with Crippen LogP contribution in [0.5, 0.6) is 0 Å². The molecule has 0 bridgehead atoms. The minimum Gasteiger partial charge on any atom is -0.394 e. The van der Waals surface area contributed by atoms with Crippen LogP contribution in [0.15, 0.2) is 24.3 Å². The summed E-state index contributed by atoms with van der Waals surface area (Å²) < 4.78 is 5.31. The molecule has 128 valence electrons. The van der Waals surface area contributed by atoms with E-state index in [1.165, 1.54) is 0 Å². The van der Waals surface area contributed by atoms with E-state index >= 15 is 0 Å². The number of amides is 1. The molecule has 23 heavy (non-hydrogen) atoms. The molecule has 0 unspecified atom stereocenters. The second kappa shape index (κ2) is 7.43. The average Bonchev–Trinajstić information content (AvgIpc) is 2.53. The number of aryl methyl sites for hydroxylation is 1. The maximum absolute atomic E-state index is 12.5. The average molecular weight is 321 g/mol. The Bertz CT molecular complexity index is 530. The van der Waals surface area contributed by atoms with E-state index in [0.717, 1.165) is 5.56 Å². The van der Waals surface area contributed by atoms with E-state index in [1.807, 2.05) is 18.2 Å². The molecule has 0 spiro atoms. The predicted octanol–water partition coefficient (Wildman–Crippen LogP) is 1.66. The molecule has 0 aromatic heterocycles. The van der Waals surface area contributed by atoms with E-state index in [2.05, 4.69) is 5.32 Å². The van der Waals surface area contributed by atoms with Gasteiger partial charge < -0.3 is 20.3 Å². The van der Waals surface area contributed by atoms with Crippen LogP contribution in [-0.4, -0.2) is 47.1 Å². The second-order valence-corrected chi connectivity index (χ2v) is 7.02. The maximum Gasteiger partial charge on any atom is 0.251 e. The summed E-state index contributed by atoms with van der Waals surface area (Å²) in [6.07, 6.45) is 2.58. The van der Waals surface area contributed by atoms with Crippen molar-refractivity contribution < 1.29 is 19.7 Å². The van der Waals surface area contributed by atoms with Gasteiger partial charge in [0, 0.05) is 18.8 Å². The van der Waals surface area contributed by atoms with Gasteiger partial charge in [0.05, 0.1) is 17.7 Å². The number of ether oxygens (including phenoxy) is 1. The molecule has 5 nitrogen and oxygen atoms in total. The lowest BCUT2D eigenvalue weighted by Gasteiger charge is -2.36. The molecule has 0 atom stereocenters. The van der Waals surface area contributed by atoms with Crippen molar-refractivity contribution in [1.29, 1.82) is 0 Å². The molecular weight excluding hydrogens is 294 g/mol. The lowest BCUT2D eigenvalue weighted by molar-refractivity contribution is 0.0125.